The molecule has 2 rings (SSSR count). The number of methoxy groups -OCH3 is 1. The highest BCUT2D eigenvalue weighted by Crippen LogP contribution is 2.22. The number of hydrogen-bond donors (Lipinski definition) is 1. The minimum absolute atomic E-state index is 0.472. The number of hydrogen-bond acceptors (Lipinski definition) is 3. The molecule has 4 heteroatoms. The molecule has 2 unspecified atom stereocenters. The minimum Gasteiger partial charge on any atom is -0.387 e. The molecule has 1 aromatic carbocycles. The highest BCUT2D eigenvalue weighted by atomic mass is 35.5. The second kappa shape index (κ2) is 7.25. The van der Waals surface area contributed by atoms with E-state index in [1.165, 1.54) is 12.8 Å². The predicted molar refractivity (Wildman–Crippen MR) is 77.5 cm³/mol. The SMILES string of the molecule is COCC1CCCN(CC(O)c2cccc(Cl)c2)C1. The lowest BCUT2D eigenvalue weighted by atomic mass is 9.98. The summed E-state index contributed by atoms with van der Waals surface area (Å²) in [5, 5.41) is 11.0. The van der Waals surface area contributed by atoms with Crippen molar-refractivity contribution in [2.24, 2.45) is 5.92 Å². The topological polar surface area (TPSA) is 32.7 Å². The van der Waals surface area contributed by atoms with Crippen molar-refractivity contribution < 1.29 is 9.84 Å². The number of aliphatic hydroxyl groups excluding tert-OH is 1. The zero-order chi connectivity index (χ0) is 13.7. The first-order chi connectivity index (χ1) is 9.19. The smallest absolute Gasteiger partial charge is 0.0917 e. The van der Waals surface area contributed by atoms with E-state index in [4.69, 9.17) is 16.3 Å². The lowest BCUT2D eigenvalue weighted by molar-refractivity contribution is 0.0563. The van der Waals surface area contributed by atoms with Gasteiger partial charge in [-0.15, -0.1) is 0 Å². The van der Waals surface area contributed by atoms with Gasteiger partial charge in [0.2, 0.25) is 0 Å². The van der Waals surface area contributed by atoms with Gasteiger partial charge >= 0.3 is 0 Å². The van der Waals surface area contributed by atoms with Crippen molar-refractivity contribution >= 4 is 11.6 Å². The van der Waals surface area contributed by atoms with Crippen LogP contribution in [0, 0.1) is 5.92 Å². The molecule has 1 heterocycles. The van der Waals surface area contributed by atoms with Crippen LogP contribution in [-0.2, 0) is 4.74 Å². The maximum atomic E-state index is 10.3. The number of halogens is 1. The largest absolute Gasteiger partial charge is 0.387 e. The van der Waals surface area contributed by atoms with Crippen LogP contribution in [0.25, 0.3) is 0 Å². The van der Waals surface area contributed by atoms with Crippen LogP contribution in [0.1, 0.15) is 24.5 Å². The van der Waals surface area contributed by atoms with Gasteiger partial charge in [-0.1, -0.05) is 23.7 Å². The zero-order valence-electron chi connectivity index (χ0n) is 11.4. The first kappa shape index (κ1) is 14.8. The Labute approximate surface area is 120 Å². The molecular formula is C15H22ClNO2. The molecule has 1 fully saturated rings. The van der Waals surface area contributed by atoms with Gasteiger partial charge in [-0.05, 0) is 43.0 Å². The molecule has 3 nitrogen and oxygen atoms in total. The molecule has 1 aromatic rings. The van der Waals surface area contributed by atoms with Gasteiger partial charge in [-0.25, -0.2) is 0 Å². The van der Waals surface area contributed by atoms with E-state index in [-0.39, 0.29) is 0 Å². The third kappa shape index (κ3) is 4.46. The summed E-state index contributed by atoms with van der Waals surface area (Å²) < 4.78 is 5.23. The molecule has 1 aliphatic rings. The molecule has 0 saturated carbocycles. The van der Waals surface area contributed by atoms with E-state index in [9.17, 15) is 5.11 Å². The highest BCUT2D eigenvalue weighted by Gasteiger charge is 2.22. The minimum atomic E-state index is -0.472. The highest BCUT2D eigenvalue weighted by molar-refractivity contribution is 6.30. The summed E-state index contributed by atoms with van der Waals surface area (Å²) in [5.41, 5.74) is 0.890. The van der Waals surface area contributed by atoms with Gasteiger partial charge in [0.15, 0.2) is 0 Å². The molecule has 1 N–H and O–H groups in total. The van der Waals surface area contributed by atoms with Crippen molar-refractivity contribution in [3.8, 4) is 0 Å². The van der Waals surface area contributed by atoms with Gasteiger partial charge in [0.25, 0.3) is 0 Å². The molecule has 19 heavy (non-hydrogen) atoms. The first-order valence-electron chi connectivity index (χ1n) is 6.84. The summed E-state index contributed by atoms with van der Waals surface area (Å²) in [6.07, 6.45) is 1.92. The van der Waals surface area contributed by atoms with Crippen molar-refractivity contribution in [2.45, 2.75) is 18.9 Å². The van der Waals surface area contributed by atoms with Crippen molar-refractivity contribution in [2.75, 3.05) is 33.4 Å². The number of ether oxygens (including phenoxy) is 1. The fraction of sp³-hybridized carbons (Fsp3) is 0.600. The van der Waals surface area contributed by atoms with E-state index in [1.54, 1.807) is 7.11 Å². The summed E-state index contributed by atoms with van der Waals surface area (Å²) >= 11 is 5.95. The summed E-state index contributed by atoms with van der Waals surface area (Å²) in [4.78, 5) is 2.32. The summed E-state index contributed by atoms with van der Waals surface area (Å²) in [7, 11) is 1.75. The standard InChI is InChI=1S/C15H22ClNO2/c1-19-11-12-4-3-7-17(9-12)10-15(18)13-5-2-6-14(16)8-13/h2,5-6,8,12,15,18H,3-4,7,9-11H2,1H3. The van der Waals surface area contributed by atoms with Crippen LogP contribution < -0.4 is 0 Å². The number of aliphatic hydroxyl groups is 1. The van der Waals surface area contributed by atoms with E-state index < -0.39 is 6.10 Å². The fourth-order valence-electron chi connectivity index (χ4n) is 2.75. The molecular weight excluding hydrogens is 262 g/mol. The third-order valence-electron chi connectivity index (χ3n) is 3.67. The van der Waals surface area contributed by atoms with Gasteiger partial charge in [-0.3, -0.25) is 0 Å². The Kier molecular flexibility index (Phi) is 5.64. The van der Waals surface area contributed by atoms with Crippen LogP contribution in [-0.4, -0.2) is 43.4 Å². The van der Waals surface area contributed by atoms with Crippen LogP contribution >= 0.6 is 11.6 Å². The molecule has 0 radical (unpaired) electrons. The summed E-state index contributed by atoms with van der Waals surface area (Å²) in [5.74, 6) is 0.588. The van der Waals surface area contributed by atoms with Gasteiger partial charge < -0.3 is 14.7 Å². The van der Waals surface area contributed by atoms with Gasteiger partial charge in [0, 0.05) is 25.2 Å². The van der Waals surface area contributed by atoms with E-state index in [0.29, 0.717) is 17.5 Å². The number of piperidine rings is 1. The van der Waals surface area contributed by atoms with Crippen molar-refractivity contribution in [1.29, 1.82) is 0 Å². The second-order valence-corrected chi connectivity index (χ2v) is 5.73. The molecule has 1 saturated heterocycles. The van der Waals surface area contributed by atoms with E-state index >= 15 is 0 Å². The normalized spacial score (nSPS) is 22.4. The lowest BCUT2D eigenvalue weighted by Crippen LogP contribution is -2.39. The third-order valence-corrected chi connectivity index (χ3v) is 3.91. The molecule has 106 valence electrons. The van der Waals surface area contributed by atoms with Gasteiger partial charge in [0.05, 0.1) is 12.7 Å². The van der Waals surface area contributed by atoms with Crippen LogP contribution in [0.5, 0.6) is 0 Å². The van der Waals surface area contributed by atoms with E-state index in [0.717, 1.165) is 25.3 Å². The Morgan fingerprint density at radius 2 is 2.37 bits per heavy atom. The van der Waals surface area contributed by atoms with E-state index in [1.807, 2.05) is 24.3 Å². The second-order valence-electron chi connectivity index (χ2n) is 5.29. The first-order valence-corrected chi connectivity index (χ1v) is 7.21. The lowest BCUT2D eigenvalue weighted by Gasteiger charge is -2.33. The molecule has 2 atom stereocenters. The van der Waals surface area contributed by atoms with Crippen molar-refractivity contribution in [3.05, 3.63) is 34.9 Å². The number of nitrogens with zero attached hydrogens (tertiary/aromatic N) is 1. The average Bonchev–Trinajstić information content (AvgIpc) is 2.39. The van der Waals surface area contributed by atoms with Crippen molar-refractivity contribution in [3.63, 3.8) is 0 Å². The van der Waals surface area contributed by atoms with Gasteiger partial charge in [0.1, 0.15) is 0 Å². The van der Waals surface area contributed by atoms with Crippen LogP contribution in [0.4, 0.5) is 0 Å². The maximum absolute atomic E-state index is 10.3. The van der Waals surface area contributed by atoms with Crippen molar-refractivity contribution in [1.82, 2.24) is 4.90 Å². The van der Waals surface area contributed by atoms with E-state index in [2.05, 4.69) is 4.90 Å². The Bertz CT molecular complexity index is 397. The number of β-amino-alcohol motifs (C(OH)–C–C–N with tert-alkyl or cyclic N) is 1. The quantitative estimate of drug-likeness (QED) is 0.902. The molecule has 0 aromatic heterocycles. The Morgan fingerprint density at radius 3 is 3.11 bits per heavy atom. The molecule has 0 bridgehead atoms. The maximum Gasteiger partial charge on any atom is 0.0917 e. The number of benzene rings is 1. The average molecular weight is 284 g/mol. The van der Waals surface area contributed by atoms with Crippen LogP contribution in [0.3, 0.4) is 0 Å². The zero-order valence-corrected chi connectivity index (χ0v) is 12.1. The molecule has 0 amide bonds. The summed E-state index contributed by atoms with van der Waals surface area (Å²) in [6.45, 7) is 3.54. The Balaban J connectivity index is 1.89. The number of likely N-dealkylation sites (tertiary alicyclic amines) is 1. The van der Waals surface area contributed by atoms with Crippen LogP contribution in [0.2, 0.25) is 5.02 Å². The molecule has 0 aliphatic carbocycles. The predicted octanol–water partition coefficient (Wildman–Crippen LogP) is 2.73. The Hall–Kier alpha value is -0.610. The number of rotatable bonds is 5. The van der Waals surface area contributed by atoms with Crippen LogP contribution in [0.15, 0.2) is 24.3 Å². The monoisotopic (exact) mass is 283 g/mol. The molecule has 1 aliphatic heterocycles. The fourth-order valence-corrected chi connectivity index (χ4v) is 2.95. The Morgan fingerprint density at radius 1 is 1.53 bits per heavy atom. The van der Waals surface area contributed by atoms with Gasteiger partial charge in [-0.2, -0.15) is 0 Å². The molecule has 0 spiro atoms. The summed E-state index contributed by atoms with van der Waals surface area (Å²) in [6, 6.07) is 7.47.